The maximum absolute atomic E-state index is 14.1. The Morgan fingerprint density at radius 2 is 2.04 bits per heavy atom. The van der Waals surface area contributed by atoms with Gasteiger partial charge >= 0.3 is 0 Å². The van der Waals surface area contributed by atoms with Gasteiger partial charge in [0.2, 0.25) is 0 Å². The van der Waals surface area contributed by atoms with Crippen LogP contribution in [0.1, 0.15) is 51.5 Å². The predicted molar refractivity (Wildman–Crippen MR) is 108 cm³/mol. The molecule has 136 valence electrons. The van der Waals surface area contributed by atoms with Gasteiger partial charge in [-0.25, -0.2) is 4.39 Å². The topological polar surface area (TPSA) is 3.24 Å². The van der Waals surface area contributed by atoms with Gasteiger partial charge in [0, 0.05) is 24.2 Å². The van der Waals surface area contributed by atoms with Gasteiger partial charge in [0.1, 0.15) is 5.82 Å². The molecule has 3 aliphatic rings. The van der Waals surface area contributed by atoms with Gasteiger partial charge < -0.3 is 4.90 Å². The van der Waals surface area contributed by atoms with E-state index in [2.05, 4.69) is 55.2 Å². The Bertz CT molecular complexity index is 827. The molecule has 1 atom stereocenters. The van der Waals surface area contributed by atoms with Crippen LogP contribution in [0.15, 0.2) is 65.3 Å². The first kappa shape index (κ1) is 17.3. The van der Waals surface area contributed by atoms with Crippen LogP contribution in [0.3, 0.4) is 0 Å². The summed E-state index contributed by atoms with van der Waals surface area (Å²) in [6.07, 6.45) is 16.8. The van der Waals surface area contributed by atoms with Crippen molar-refractivity contribution in [1.29, 1.82) is 0 Å². The first-order valence-electron chi connectivity index (χ1n) is 9.81. The largest absolute Gasteiger partial charge is 0.366 e. The van der Waals surface area contributed by atoms with Crippen molar-refractivity contribution in [2.45, 2.75) is 51.4 Å². The summed E-state index contributed by atoms with van der Waals surface area (Å²) in [6, 6.07) is 5.45. The smallest absolute Gasteiger partial charge is 0.125 e. The standard InChI is InChI=1S/C24H28FN/c1-18-7-6-13-24(14-12-18)17-26(23-15-21(25)10-11-22(23)24)16-20-9-5-3-4-8-19(20)2/h3,5,7-11,15H,4,6,12-14,16-17H2,1-2H3. The Labute approximate surface area is 156 Å². The minimum Gasteiger partial charge on any atom is -0.366 e. The third-order valence-corrected chi connectivity index (χ3v) is 6.34. The fourth-order valence-electron chi connectivity index (χ4n) is 4.73. The fourth-order valence-corrected chi connectivity index (χ4v) is 4.73. The number of benzene rings is 1. The number of hydrogen-bond acceptors (Lipinski definition) is 1. The third-order valence-electron chi connectivity index (χ3n) is 6.34. The van der Waals surface area contributed by atoms with Crippen LogP contribution < -0.4 is 4.90 Å². The van der Waals surface area contributed by atoms with Gasteiger partial charge in [-0.1, -0.05) is 42.0 Å². The van der Waals surface area contributed by atoms with Crippen molar-refractivity contribution >= 4 is 5.69 Å². The molecule has 1 unspecified atom stereocenters. The second-order valence-corrected chi connectivity index (χ2v) is 8.13. The molecular formula is C24H28FN. The van der Waals surface area contributed by atoms with E-state index in [1.165, 1.54) is 22.3 Å². The average molecular weight is 349 g/mol. The number of allylic oxidation sites excluding steroid dienone is 6. The number of rotatable bonds is 2. The van der Waals surface area contributed by atoms with E-state index in [1.54, 1.807) is 12.1 Å². The maximum Gasteiger partial charge on any atom is 0.125 e. The number of fused-ring (bicyclic) bond motifs is 2. The van der Waals surface area contributed by atoms with Gasteiger partial charge in [-0.3, -0.25) is 0 Å². The molecule has 1 aromatic rings. The predicted octanol–water partition coefficient (Wildman–Crippen LogP) is 6.24. The average Bonchev–Trinajstić information content (AvgIpc) is 2.76. The van der Waals surface area contributed by atoms with Gasteiger partial charge in [0.05, 0.1) is 0 Å². The van der Waals surface area contributed by atoms with Crippen LogP contribution in [0, 0.1) is 5.82 Å². The molecule has 1 aliphatic heterocycles. The van der Waals surface area contributed by atoms with Crippen LogP contribution >= 0.6 is 0 Å². The molecule has 1 spiro atoms. The van der Waals surface area contributed by atoms with Crippen LogP contribution in [0.2, 0.25) is 0 Å². The molecule has 0 aromatic heterocycles. The van der Waals surface area contributed by atoms with Crippen molar-refractivity contribution in [1.82, 2.24) is 0 Å². The summed E-state index contributed by atoms with van der Waals surface area (Å²) in [4.78, 5) is 2.42. The molecule has 0 bridgehead atoms. The van der Waals surface area contributed by atoms with Gasteiger partial charge in [-0.15, -0.1) is 0 Å². The highest BCUT2D eigenvalue weighted by Gasteiger charge is 2.42. The van der Waals surface area contributed by atoms with E-state index < -0.39 is 0 Å². The lowest BCUT2D eigenvalue weighted by Gasteiger charge is -2.30. The molecule has 2 aliphatic carbocycles. The van der Waals surface area contributed by atoms with Crippen molar-refractivity contribution in [2.24, 2.45) is 0 Å². The first-order valence-corrected chi connectivity index (χ1v) is 9.81. The number of hydrogen-bond donors (Lipinski definition) is 0. The normalized spacial score (nSPS) is 25.3. The minimum absolute atomic E-state index is 0.129. The molecule has 0 saturated carbocycles. The van der Waals surface area contributed by atoms with Gasteiger partial charge in [0.25, 0.3) is 0 Å². The lowest BCUT2D eigenvalue weighted by molar-refractivity contribution is 0.398. The first-order chi connectivity index (χ1) is 12.6. The third kappa shape index (κ3) is 3.18. The van der Waals surface area contributed by atoms with Gasteiger partial charge in [0.15, 0.2) is 0 Å². The van der Waals surface area contributed by atoms with E-state index in [-0.39, 0.29) is 11.2 Å². The highest BCUT2D eigenvalue weighted by Crippen LogP contribution is 2.48. The van der Waals surface area contributed by atoms with Crippen molar-refractivity contribution in [3.8, 4) is 0 Å². The molecule has 0 radical (unpaired) electrons. The summed E-state index contributed by atoms with van der Waals surface area (Å²) < 4.78 is 14.1. The van der Waals surface area contributed by atoms with Gasteiger partial charge in [-0.05, 0) is 74.8 Å². The Morgan fingerprint density at radius 1 is 1.15 bits per heavy atom. The van der Waals surface area contributed by atoms with E-state index in [0.29, 0.717) is 0 Å². The second kappa shape index (κ2) is 6.90. The van der Waals surface area contributed by atoms with Crippen molar-refractivity contribution in [3.63, 3.8) is 0 Å². The monoisotopic (exact) mass is 349 g/mol. The zero-order valence-corrected chi connectivity index (χ0v) is 15.9. The van der Waals surface area contributed by atoms with Crippen LogP contribution in [0.4, 0.5) is 10.1 Å². The summed E-state index contributed by atoms with van der Waals surface area (Å²) in [5.41, 5.74) is 6.80. The van der Waals surface area contributed by atoms with E-state index >= 15 is 0 Å². The number of anilines is 1. The lowest BCUT2D eigenvalue weighted by atomic mass is 9.75. The van der Waals surface area contributed by atoms with E-state index in [9.17, 15) is 4.39 Å². The Hall–Kier alpha value is -2.09. The molecule has 0 amide bonds. The van der Waals surface area contributed by atoms with Crippen LogP contribution in [0.5, 0.6) is 0 Å². The Kier molecular flexibility index (Phi) is 4.60. The number of nitrogens with zero attached hydrogens (tertiary/aromatic N) is 1. The molecule has 1 aromatic carbocycles. The van der Waals surface area contributed by atoms with Crippen LogP contribution in [0.25, 0.3) is 0 Å². The minimum atomic E-state index is -0.129. The molecule has 0 saturated heterocycles. The van der Waals surface area contributed by atoms with Gasteiger partial charge in [-0.2, -0.15) is 0 Å². The highest BCUT2D eigenvalue weighted by molar-refractivity contribution is 5.64. The molecule has 0 fully saturated rings. The number of halogens is 1. The molecule has 26 heavy (non-hydrogen) atoms. The summed E-state index contributed by atoms with van der Waals surface area (Å²) in [5.74, 6) is -0.129. The van der Waals surface area contributed by atoms with Crippen molar-refractivity contribution in [3.05, 3.63) is 76.7 Å². The maximum atomic E-state index is 14.1. The van der Waals surface area contributed by atoms with Crippen LogP contribution in [-0.2, 0) is 5.41 Å². The fraction of sp³-hybridized carbons (Fsp3) is 0.417. The lowest BCUT2D eigenvalue weighted by Crippen LogP contribution is -2.34. The molecule has 1 heterocycles. The van der Waals surface area contributed by atoms with Crippen molar-refractivity contribution < 1.29 is 4.39 Å². The summed E-state index contributed by atoms with van der Waals surface area (Å²) >= 11 is 0. The second-order valence-electron chi connectivity index (χ2n) is 8.13. The Balaban J connectivity index is 1.68. The van der Waals surface area contributed by atoms with Crippen LogP contribution in [-0.4, -0.2) is 13.1 Å². The van der Waals surface area contributed by atoms with E-state index in [4.69, 9.17) is 0 Å². The van der Waals surface area contributed by atoms with E-state index in [0.717, 1.165) is 50.9 Å². The molecule has 4 rings (SSSR count). The summed E-state index contributed by atoms with van der Waals surface area (Å²) in [5, 5.41) is 0. The van der Waals surface area contributed by atoms with Crippen molar-refractivity contribution in [2.75, 3.05) is 18.0 Å². The zero-order chi connectivity index (χ0) is 18.1. The van der Waals surface area contributed by atoms with E-state index in [1.807, 2.05) is 0 Å². The molecular weight excluding hydrogens is 321 g/mol. The zero-order valence-electron chi connectivity index (χ0n) is 15.9. The summed E-state index contributed by atoms with van der Waals surface area (Å²) in [7, 11) is 0. The molecule has 1 nitrogen and oxygen atoms in total. The SMILES string of the molecule is CC1=CCCC2(CC1)CN(CC1=CC=CCC=C1C)c1cc(F)ccc12. The quantitative estimate of drug-likeness (QED) is 0.572. The highest BCUT2D eigenvalue weighted by atomic mass is 19.1. The summed E-state index contributed by atoms with van der Waals surface area (Å²) in [6.45, 7) is 6.29. The Morgan fingerprint density at radius 3 is 2.92 bits per heavy atom. The molecule has 2 heteroatoms. The molecule has 0 N–H and O–H groups in total.